The van der Waals surface area contributed by atoms with Crippen LogP contribution in [0.3, 0.4) is 0 Å². The van der Waals surface area contributed by atoms with E-state index in [0.29, 0.717) is 19.8 Å². The second-order valence-corrected chi connectivity index (χ2v) is 8.53. The third kappa shape index (κ3) is 4.87. The first-order valence-corrected chi connectivity index (χ1v) is 11.8. The maximum atomic E-state index is 13.4. The van der Waals surface area contributed by atoms with E-state index in [1.807, 2.05) is 54.1 Å². The molecule has 1 aliphatic heterocycles. The van der Waals surface area contributed by atoms with Crippen LogP contribution < -0.4 is 10.2 Å². The average molecular weight is 462 g/mol. The van der Waals surface area contributed by atoms with Crippen LogP contribution in [0.1, 0.15) is 45.2 Å². The number of hydrogen-bond acceptors (Lipinski definition) is 5. The van der Waals surface area contributed by atoms with E-state index in [9.17, 15) is 9.59 Å². The largest absolute Gasteiger partial charge is 0.381 e. The summed E-state index contributed by atoms with van der Waals surface area (Å²) < 4.78 is 7.17. The third-order valence-corrected chi connectivity index (χ3v) is 5.87. The van der Waals surface area contributed by atoms with Crippen molar-refractivity contribution < 1.29 is 14.3 Å². The number of para-hydroxylation sites is 1. The van der Waals surface area contributed by atoms with Crippen LogP contribution in [0.15, 0.2) is 48.5 Å². The SMILES string of the molecule is CCOCCC(=O)NCCC(=O)N1Cc2ccccc2-c2c(nnn2C(C)C)-c2ccccc21. The molecule has 0 atom stereocenters. The van der Waals surface area contributed by atoms with Gasteiger partial charge in [-0.05, 0) is 32.4 Å². The van der Waals surface area contributed by atoms with Crippen LogP contribution in [0.25, 0.3) is 22.5 Å². The molecule has 2 amide bonds. The predicted octanol–water partition coefficient (Wildman–Crippen LogP) is 3.97. The summed E-state index contributed by atoms with van der Waals surface area (Å²) in [6, 6.07) is 16.0. The number of carbonyl (C=O) groups is 2. The first kappa shape index (κ1) is 23.6. The van der Waals surface area contributed by atoms with Gasteiger partial charge in [-0.1, -0.05) is 47.7 Å². The maximum absolute atomic E-state index is 13.4. The van der Waals surface area contributed by atoms with E-state index in [2.05, 4.69) is 35.5 Å². The smallest absolute Gasteiger partial charge is 0.229 e. The van der Waals surface area contributed by atoms with Gasteiger partial charge >= 0.3 is 0 Å². The van der Waals surface area contributed by atoms with Gasteiger partial charge < -0.3 is 15.0 Å². The molecule has 1 N–H and O–H groups in total. The molecule has 0 saturated carbocycles. The monoisotopic (exact) mass is 461 g/mol. The first-order chi connectivity index (χ1) is 16.5. The van der Waals surface area contributed by atoms with Crippen molar-refractivity contribution in [2.45, 2.75) is 46.2 Å². The number of nitrogens with zero attached hydrogens (tertiary/aromatic N) is 4. The molecule has 0 fully saturated rings. The molecule has 3 aromatic rings. The highest BCUT2D eigenvalue weighted by Gasteiger charge is 2.29. The fourth-order valence-corrected chi connectivity index (χ4v) is 4.21. The summed E-state index contributed by atoms with van der Waals surface area (Å²) in [5.41, 5.74) is 5.43. The Morgan fingerprint density at radius 3 is 2.56 bits per heavy atom. The Kier molecular flexibility index (Phi) is 7.37. The second kappa shape index (κ2) is 10.6. The topological polar surface area (TPSA) is 89.3 Å². The van der Waals surface area contributed by atoms with Gasteiger partial charge in [0.2, 0.25) is 11.8 Å². The van der Waals surface area contributed by atoms with E-state index in [4.69, 9.17) is 4.74 Å². The molecule has 1 aliphatic rings. The fraction of sp³-hybridized carbons (Fsp3) is 0.385. The lowest BCUT2D eigenvalue weighted by Gasteiger charge is -2.29. The standard InChI is InChI=1S/C26H31N5O3/c1-4-34-16-14-23(32)27-15-13-24(33)30-17-19-9-5-6-10-20(19)26-25(28-29-31(26)18(2)3)21-11-7-8-12-22(21)30/h5-12,18H,4,13-17H2,1-3H3,(H,27,32). The van der Waals surface area contributed by atoms with Crippen molar-refractivity contribution in [1.29, 1.82) is 0 Å². The highest BCUT2D eigenvalue weighted by Crippen LogP contribution is 2.41. The molecular weight excluding hydrogens is 430 g/mol. The summed E-state index contributed by atoms with van der Waals surface area (Å²) in [5, 5.41) is 11.8. The van der Waals surface area contributed by atoms with Crippen molar-refractivity contribution in [1.82, 2.24) is 20.3 Å². The molecule has 0 saturated heterocycles. The van der Waals surface area contributed by atoms with Gasteiger partial charge in [0, 0.05) is 43.2 Å². The number of hydrogen-bond donors (Lipinski definition) is 1. The lowest BCUT2D eigenvalue weighted by molar-refractivity contribution is -0.122. The Labute approximate surface area is 199 Å². The summed E-state index contributed by atoms with van der Waals surface area (Å²) in [7, 11) is 0. The molecule has 0 radical (unpaired) electrons. The van der Waals surface area contributed by atoms with Gasteiger partial charge in [0.1, 0.15) is 5.69 Å². The zero-order chi connectivity index (χ0) is 24.1. The van der Waals surface area contributed by atoms with E-state index in [1.165, 1.54) is 0 Å². The molecule has 0 spiro atoms. The number of aromatic nitrogens is 3. The molecule has 2 aromatic carbocycles. The van der Waals surface area contributed by atoms with Crippen molar-refractivity contribution in [2.75, 3.05) is 24.7 Å². The molecule has 0 aliphatic carbocycles. The first-order valence-electron chi connectivity index (χ1n) is 11.8. The van der Waals surface area contributed by atoms with Crippen LogP contribution >= 0.6 is 0 Å². The van der Waals surface area contributed by atoms with Crippen LogP contribution in [0.2, 0.25) is 0 Å². The minimum Gasteiger partial charge on any atom is -0.381 e. The number of carbonyl (C=O) groups excluding carboxylic acids is 2. The van der Waals surface area contributed by atoms with Crippen LogP contribution in [-0.2, 0) is 20.9 Å². The molecule has 4 rings (SSSR count). The van der Waals surface area contributed by atoms with E-state index in [1.54, 1.807) is 4.90 Å². The molecule has 0 bridgehead atoms. The van der Waals surface area contributed by atoms with Crippen LogP contribution in [0.5, 0.6) is 0 Å². The van der Waals surface area contributed by atoms with Crippen molar-refractivity contribution in [2.24, 2.45) is 0 Å². The van der Waals surface area contributed by atoms with Crippen molar-refractivity contribution in [3.63, 3.8) is 0 Å². The highest BCUT2D eigenvalue weighted by atomic mass is 16.5. The number of anilines is 1. The second-order valence-electron chi connectivity index (χ2n) is 8.53. The molecule has 2 heterocycles. The van der Waals surface area contributed by atoms with Crippen molar-refractivity contribution >= 4 is 17.5 Å². The normalized spacial score (nSPS) is 12.4. The lowest BCUT2D eigenvalue weighted by atomic mass is 9.95. The predicted molar refractivity (Wildman–Crippen MR) is 131 cm³/mol. The zero-order valence-electron chi connectivity index (χ0n) is 20.0. The van der Waals surface area contributed by atoms with Gasteiger partial charge in [0.15, 0.2) is 0 Å². The summed E-state index contributed by atoms with van der Waals surface area (Å²) in [5.74, 6) is -0.179. The Hall–Kier alpha value is -3.52. The number of ether oxygens (including phenoxy) is 1. The molecule has 178 valence electrons. The van der Waals surface area contributed by atoms with E-state index in [-0.39, 0.29) is 37.2 Å². The molecule has 0 unspecified atom stereocenters. The molecule has 8 nitrogen and oxygen atoms in total. The number of nitrogens with one attached hydrogen (secondary N) is 1. The minimum absolute atomic E-state index is 0.0629. The van der Waals surface area contributed by atoms with E-state index < -0.39 is 0 Å². The van der Waals surface area contributed by atoms with Gasteiger partial charge in [0.05, 0.1) is 24.5 Å². The van der Waals surface area contributed by atoms with Gasteiger partial charge in [-0.3, -0.25) is 9.59 Å². The number of amides is 2. The third-order valence-electron chi connectivity index (χ3n) is 5.87. The Morgan fingerprint density at radius 1 is 1.06 bits per heavy atom. The number of fused-ring (bicyclic) bond motifs is 5. The number of benzene rings is 2. The summed E-state index contributed by atoms with van der Waals surface area (Å²) >= 11 is 0. The van der Waals surface area contributed by atoms with Crippen LogP contribution in [0.4, 0.5) is 5.69 Å². The van der Waals surface area contributed by atoms with Crippen molar-refractivity contribution in [3.8, 4) is 22.5 Å². The van der Waals surface area contributed by atoms with Crippen LogP contribution in [-0.4, -0.2) is 46.6 Å². The van der Waals surface area contributed by atoms with Crippen LogP contribution in [0, 0.1) is 0 Å². The highest BCUT2D eigenvalue weighted by molar-refractivity contribution is 6.00. The Morgan fingerprint density at radius 2 is 1.79 bits per heavy atom. The van der Waals surface area contributed by atoms with Gasteiger partial charge in [-0.15, -0.1) is 5.10 Å². The van der Waals surface area contributed by atoms with E-state index in [0.717, 1.165) is 33.8 Å². The fourth-order valence-electron chi connectivity index (χ4n) is 4.21. The van der Waals surface area contributed by atoms with Gasteiger partial charge in [0.25, 0.3) is 0 Å². The molecular formula is C26H31N5O3. The summed E-state index contributed by atoms with van der Waals surface area (Å²) in [4.78, 5) is 27.2. The number of rotatable bonds is 8. The van der Waals surface area contributed by atoms with E-state index >= 15 is 0 Å². The van der Waals surface area contributed by atoms with Crippen molar-refractivity contribution in [3.05, 3.63) is 54.1 Å². The molecule has 34 heavy (non-hydrogen) atoms. The molecule has 8 heteroatoms. The lowest BCUT2D eigenvalue weighted by Crippen LogP contribution is -2.35. The minimum atomic E-state index is -0.116. The Bertz CT molecular complexity index is 1170. The molecule has 1 aromatic heterocycles. The summed E-state index contributed by atoms with van der Waals surface area (Å²) in [6.45, 7) is 7.72. The summed E-state index contributed by atoms with van der Waals surface area (Å²) in [6.07, 6.45) is 0.485. The van der Waals surface area contributed by atoms with Gasteiger partial charge in [-0.25, -0.2) is 4.68 Å². The Balaban J connectivity index is 1.65. The van der Waals surface area contributed by atoms with Gasteiger partial charge in [-0.2, -0.15) is 0 Å². The zero-order valence-corrected chi connectivity index (χ0v) is 20.0. The quantitative estimate of drug-likeness (QED) is 0.513. The maximum Gasteiger partial charge on any atom is 0.229 e. The average Bonchev–Trinajstić information content (AvgIpc) is 3.26.